The van der Waals surface area contributed by atoms with E-state index in [1.807, 2.05) is 66.7 Å². The second-order valence-electron chi connectivity index (χ2n) is 6.68. The maximum absolute atomic E-state index is 13.2. The molecule has 1 aliphatic rings. The normalized spacial score (nSPS) is 13.9. The summed E-state index contributed by atoms with van der Waals surface area (Å²) in [6, 6.07) is 24.4. The van der Waals surface area contributed by atoms with Crippen LogP contribution in [0.1, 0.15) is 12.0 Å². The molecule has 0 radical (unpaired) electrons. The van der Waals surface area contributed by atoms with E-state index in [9.17, 15) is 9.59 Å². The van der Waals surface area contributed by atoms with Gasteiger partial charge >= 0.3 is 0 Å². The van der Waals surface area contributed by atoms with Gasteiger partial charge < -0.3 is 4.74 Å². The van der Waals surface area contributed by atoms with Crippen molar-refractivity contribution >= 4 is 23.3 Å². The predicted octanol–water partition coefficient (Wildman–Crippen LogP) is 5.18. The molecule has 3 aromatic rings. The fourth-order valence-electron chi connectivity index (χ4n) is 3.09. The number of hydrogen-bond acceptors (Lipinski definition) is 5. The molecule has 148 valence electrons. The number of pyridine rings is 1. The van der Waals surface area contributed by atoms with Gasteiger partial charge in [-0.2, -0.15) is 0 Å². The van der Waals surface area contributed by atoms with Crippen LogP contribution in [-0.4, -0.2) is 16.6 Å². The fourth-order valence-corrected chi connectivity index (χ4v) is 4.08. The topological polar surface area (TPSA) is 56.3 Å². The molecule has 0 amide bonds. The zero-order valence-corrected chi connectivity index (χ0v) is 17.0. The lowest BCUT2D eigenvalue weighted by Gasteiger charge is -2.19. The van der Waals surface area contributed by atoms with Gasteiger partial charge in [-0.05, 0) is 42.7 Å². The van der Waals surface area contributed by atoms with Crippen molar-refractivity contribution in [2.24, 2.45) is 0 Å². The number of allylic oxidation sites excluding steroid dienone is 3. The van der Waals surface area contributed by atoms with Crippen LogP contribution in [0.4, 0.5) is 0 Å². The number of carbonyl (C=O) groups is 2. The summed E-state index contributed by atoms with van der Waals surface area (Å²) >= 11 is 1.21. The fraction of sp³-hybridized carbons (Fsp3) is 0.0800. The quantitative estimate of drug-likeness (QED) is 0.500. The van der Waals surface area contributed by atoms with E-state index >= 15 is 0 Å². The predicted molar refractivity (Wildman–Crippen MR) is 117 cm³/mol. The summed E-state index contributed by atoms with van der Waals surface area (Å²) < 4.78 is 5.74. The highest BCUT2D eigenvalue weighted by molar-refractivity contribution is 8.04. The smallest absolute Gasteiger partial charge is 0.235 e. The third-order valence-electron chi connectivity index (χ3n) is 4.59. The lowest BCUT2D eigenvalue weighted by molar-refractivity contribution is -0.117. The molecule has 0 saturated carbocycles. The third kappa shape index (κ3) is 4.75. The van der Waals surface area contributed by atoms with Gasteiger partial charge in [0.2, 0.25) is 5.78 Å². The Morgan fingerprint density at radius 3 is 2.20 bits per heavy atom. The number of aromatic nitrogens is 1. The highest BCUT2D eigenvalue weighted by Crippen LogP contribution is 2.35. The van der Waals surface area contributed by atoms with Crippen LogP contribution in [0, 0.1) is 0 Å². The molecule has 0 saturated heterocycles. The summed E-state index contributed by atoms with van der Waals surface area (Å²) in [6.07, 6.45) is 4.11. The Kier molecular flexibility index (Phi) is 6.20. The van der Waals surface area contributed by atoms with Crippen LogP contribution in [0.5, 0.6) is 5.75 Å². The van der Waals surface area contributed by atoms with Crippen molar-refractivity contribution in [3.8, 4) is 5.75 Å². The van der Waals surface area contributed by atoms with Gasteiger partial charge in [-0.15, -0.1) is 0 Å². The Labute approximate surface area is 179 Å². The summed E-state index contributed by atoms with van der Waals surface area (Å²) in [5.41, 5.74) is 1.61. The minimum absolute atomic E-state index is 0.0353. The number of aryl methyl sites for hydroxylation is 1. The van der Waals surface area contributed by atoms with Gasteiger partial charge in [0.15, 0.2) is 11.5 Å². The van der Waals surface area contributed by atoms with E-state index in [1.54, 1.807) is 18.3 Å². The average molecular weight is 413 g/mol. The van der Waals surface area contributed by atoms with Crippen molar-refractivity contribution < 1.29 is 14.3 Å². The molecule has 0 aliphatic heterocycles. The molecular weight excluding hydrogens is 394 g/mol. The van der Waals surface area contributed by atoms with Crippen LogP contribution >= 0.6 is 11.8 Å². The summed E-state index contributed by atoms with van der Waals surface area (Å²) in [5, 5.41) is 0.659. The minimum Gasteiger partial charge on any atom is -0.453 e. The standard InChI is InChI=1S/C25H19NO3S/c27-21-17-22(29-19-11-5-2-6-12-19)24(28)25(30-23-13-7-8-16-26-23)20(21)15-14-18-9-3-1-4-10-18/h1-13,16-17H,14-15H2. The number of para-hydroxylation sites is 1. The van der Waals surface area contributed by atoms with Crippen molar-refractivity contribution in [1.82, 2.24) is 4.98 Å². The van der Waals surface area contributed by atoms with Crippen LogP contribution in [0.25, 0.3) is 0 Å². The molecule has 1 aliphatic carbocycles. The monoisotopic (exact) mass is 413 g/mol. The molecule has 2 aromatic carbocycles. The number of hydrogen-bond donors (Lipinski definition) is 0. The Balaban J connectivity index is 1.63. The van der Waals surface area contributed by atoms with Crippen LogP contribution in [-0.2, 0) is 16.0 Å². The first-order valence-corrected chi connectivity index (χ1v) is 10.4. The first-order chi connectivity index (χ1) is 14.7. The van der Waals surface area contributed by atoms with Crippen LogP contribution < -0.4 is 4.74 Å². The number of nitrogens with zero attached hydrogens (tertiary/aromatic N) is 1. The number of ether oxygens (including phenoxy) is 1. The number of thioether (sulfide) groups is 1. The number of ketones is 2. The summed E-state index contributed by atoms with van der Waals surface area (Å²) in [5.74, 6) is 0.0555. The molecule has 5 heteroatoms. The Morgan fingerprint density at radius 1 is 0.800 bits per heavy atom. The maximum atomic E-state index is 13.2. The zero-order chi connectivity index (χ0) is 20.8. The Hall–Kier alpha value is -3.44. The second-order valence-corrected chi connectivity index (χ2v) is 7.71. The summed E-state index contributed by atoms with van der Waals surface area (Å²) in [7, 11) is 0. The largest absolute Gasteiger partial charge is 0.453 e. The molecule has 1 aromatic heterocycles. The van der Waals surface area contributed by atoms with E-state index in [-0.39, 0.29) is 17.3 Å². The lowest BCUT2D eigenvalue weighted by Crippen LogP contribution is -2.21. The molecule has 30 heavy (non-hydrogen) atoms. The molecule has 0 N–H and O–H groups in total. The molecule has 0 atom stereocenters. The van der Waals surface area contributed by atoms with Gasteiger partial charge in [-0.3, -0.25) is 9.59 Å². The van der Waals surface area contributed by atoms with E-state index in [0.29, 0.717) is 34.1 Å². The van der Waals surface area contributed by atoms with Crippen molar-refractivity contribution in [1.29, 1.82) is 0 Å². The number of carbonyl (C=O) groups excluding carboxylic acids is 2. The Morgan fingerprint density at radius 2 is 1.50 bits per heavy atom. The first kappa shape index (κ1) is 19.9. The maximum Gasteiger partial charge on any atom is 0.235 e. The van der Waals surface area contributed by atoms with Gasteiger partial charge in [0.25, 0.3) is 0 Å². The molecule has 1 heterocycles. The molecule has 0 bridgehead atoms. The highest BCUT2D eigenvalue weighted by Gasteiger charge is 2.31. The van der Waals surface area contributed by atoms with Crippen molar-refractivity contribution in [3.63, 3.8) is 0 Å². The SMILES string of the molecule is O=C1C=C(Oc2ccccc2)C(=O)C(Sc2ccccn2)=C1CCc1ccccc1. The molecule has 4 rings (SSSR count). The van der Waals surface area contributed by atoms with Crippen LogP contribution in [0.2, 0.25) is 0 Å². The highest BCUT2D eigenvalue weighted by atomic mass is 32.2. The third-order valence-corrected chi connectivity index (χ3v) is 5.67. The van der Waals surface area contributed by atoms with E-state index < -0.39 is 0 Å². The van der Waals surface area contributed by atoms with E-state index in [4.69, 9.17) is 4.74 Å². The summed E-state index contributed by atoms with van der Waals surface area (Å²) in [4.78, 5) is 30.9. The van der Waals surface area contributed by atoms with Gasteiger partial charge in [0, 0.05) is 17.8 Å². The van der Waals surface area contributed by atoms with Crippen LogP contribution in [0.3, 0.4) is 0 Å². The van der Waals surface area contributed by atoms with Gasteiger partial charge in [0.05, 0.1) is 4.91 Å². The number of rotatable bonds is 7. The number of Topliss-reactive ketones (excluding diaryl/α,β-unsaturated/α-hetero) is 1. The average Bonchev–Trinajstić information content (AvgIpc) is 2.79. The molecule has 0 spiro atoms. The molecule has 0 unspecified atom stereocenters. The van der Waals surface area contributed by atoms with Crippen LogP contribution in [0.15, 0.2) is 112 Å². The van der Waals surface area contributed by atoms with Gasteiger partial charge in [-0.25, -0.2) is 4.98 Å². The van der Waals surface area contributed by atoms with E-state index in [2.05, 4.69) is 4.98 Å². The Bertz CT molecular complexity index is 1110. The van der Waals surface area contributed by atoms with E-state index in [1.165, 1.54) is 17.8 Å². The molecular formula is C25H19NO3S. The van der Waals surface area contributed by atoms with Crippen molar-refractivity contribution in [2.45, 2.75) is 17.9 Å². The molecule has 4 nitrogen and oxygen atoms in total. The summed E-state index contributed by atoms with van der Waals surface area (Å²) in [6.45, 7) is 0. The first-order valence-electron chi connectivity index (χ1n) is 9.60. The zero-order valence-electron chi connectivity index (χ0n) is 16.2. The van der Waals surface area contributed by atoms with Gasteiger partial charge in [0.1, 0.15) is 10.8 Å². The van der Waals surface area contributed by atoms with Crippen molar-refractivity contribution in [3.05, 3.63) is 113 Å². The van der Waals surface area contributed by atoms with Crippen molar-refractivity contribution in [2.75, 3.05) is 0 Å². The van der Waals surface area contributed by atoms with Gasteiger partial charge in [-0.1, -0.05) is 66.4 Å². The lowest BCUT2D eigenvalue weighted by atomic mass is 9.95. The second kappa shape index (κ2) is 9.37. The minimum atomic E-state index is -0.294. The number of benzene rings is 2. The van der Waals surface area contributed by atoms with E-state index in [0.717, 1.165) is 5.56 Å². The molecule has 0 fully saturated rings.